The predicted octanol–water partition coefficient (Wildman–Crippen LogP) is 6.61. The zero-order valence-corrected chi connectivity index (χ0v) is 34.3. The number of hydrogen-bond donors (Lipinski definition) is 3. The fraction of sp³-hybridized carbons (Fsp3) is 0.378. The summed E-state index contributed by atoms with van der Waals surface area (Å²) in [7, 11) is 2.95. The molecule has 3 atom stereocenters. The summed E-state index contributed by atoms with van der Waals surface area (Å²) in [6, 6.07) is 23.1. The standard InChI is InChI=1S/C45H53N3O10/c1-27(58-44(2,3)4)39(48-43(52)56-26-29-17-13-10-14-18-29)42(51)47-24-33(49)38(46)37-35(54-8)22-20-32-41(37)57-40-30(34(53-7)21-19-31(40)45(32,5)6)23-36(50)55-25-28-15-11-9-12-16-28/h9-22,27,38-39H,23-26,46H2,1-8H3,(H,47,51)(H,48,52)/t27-,38?,39+/m1/s1. The van der Waals surface area contributed by atoms with Crippen molar-refractivity contribution in [2.75, 3.05) is 20.8 Å². The third-order valence-electron chi connectivity index (χ3n) is 9.80. The van der Waals surface area contributed by atoms with Crippen LogP contribution in [0.3, 0.4) is 0 Å². The zero-order chi connectivity index (χ0) is 42.2. The molecule has 2 amide bonds. The lowest BCUT2D eigenvalue weighted by Gasteiger charge is -2.37. The molecule has 0 bridgehead atoms. The zero-order valence-electron chi connectivity index (χ0n) is 34.3. The molecule has 0 saturated heterocycles. The highest BCUT2D eigenvalue weighted by atomic mass is 16.6. The molecule has 1 aliphatic heterocycles. The largest absolute Gasteiger partial charge is 0.496 e. The summed E-state index contributed by atoms with van der Waals surface area (Å²) in [4.78, 5) is 53.8. The van der Waals surface area contributed by atoms with Crippen LogP contribution in [-0.4, -0.2) is 62.3 Å². The Balaban J connectivity index is 1.38. The van der Waals surface area contributed by atoms with Crippen molar-refractivity contribution in [3.8, 4) is 23.0 Å². The highest BCUT2D eigenvalue weighted by Gasteiger charge is 2.41. The van der Waals surface area contributed by atoms with Crippen LogP contribution in [0.2, 0.25) is 0 Å². The number of nitrogens with one attached hydrogen (secondary N) is 2. The Morgan fingerprint density at radius 3 is 1.90 bits per heavy atom. The van der Waals surface area contributed by atoms with E-state index in [9.17, 15) is 19.2 Å². The van der Waals surface area contributed by atoms with Crippen LogP contribution in [0.25, 0.3) is 0 Å². The van der Waals surface area contributed by atoms with Gasteiger partial charge in [-0.25, -0.2) is 4.79 Å². The van der Waals surface area contributed by atoms with E-state index in [1.165, 1.54) is 14.2 Å². The molecule has 0 fully saturated rings. The number of hydrogen-bond acceptors (Lipinski definition) is 11. The molecule has 1 aliphatic rings. The molecule has 308 valence electrons. The van der Waals surface area contributed by atoms with Gasteiger partial charge in [-0.3, -0.25) is 14.4 Å². The van der Waals surface area contributed by atoms with E-state index in [2.05, 4.69) is 10.6 Å². The van der Waals surface area contributed by atoms with Gasteiger partial charge in [0.15, 0.2) is 5.78 Å². The number of alkyl carbamates (subject to hydrolysis) is 1. The monoisotopic (exact) mass is 795 g/mol. The Kier molecular flexibility index (Phi) is 13.8. The molecule has 58 heavy (non-hydrogen) atoms. The van der Waals surface area contributed by atoms with Crippen molar-refractivity contribution in [3.63, 3.8) is 0 Å². The van der Waals surface area contributed by atoms with Gasteiger partial charge in [-0.1, -0.05) is 86.6 Å². The minimum atomic E-state index is -1.34. The van der Waals surface area contributed by atoms with Crippen LogP contribution in [0.15, 0.2) is 84.9 Å². The molecular formula is C45H53N3O10. The van der Waals surface area contributed by atoms with Gasteiger partial charge >= 0.3 is 12.1 Å². The lowest BCUT2D eigenvalue weighted by Crippen LogP contribution is -2.55. The molecule has 4 N–H and O–H groups in total. The van der Waals surface area contributed by atoms with E-state index in [1.807, 2.05) is 95.3 Å². The molecule has 0 spiro atoms. The average molecular weight is 796 g/mol. The van der Waals surface area contributed by atoms with Crippen LogP contribution >= 0.6 is 0 Å². The highest BCUT2D eigenvalue weighted by Crippen LogP contribution is 2.54. The van der Waals surface area contributed by atoms with Crippen molar-refractivity contribution < 1.29 is 47.6 Å². The normalized spacial score (nSPS) is 14.3. The van der Waals surface area contributed by atoms with Gasteiger partial charge in [-0.15, -0.1) is 0 Å². The molecule has 4 aromatic rings. The van der Waals surface area contributed by atoms with Gasteiger partial charge in [0.05, 0.1) is 50.5 Å². The first-order valence-corrected chi connectivity index (χ1v) is 19.0. The molecule has 1 heterocycles. The van der Waals surface area contributed by atoms with Crippen molar-refractivity contribution in [3.05, 3.63) is 118 Å². The second-order valence-corrected chi connectivity index (χ2v) is 15.5. The number of nitrogens with two attached hydrogens (primary N) is 1. The van der Waals surface area contributed by atoms with E-state index in [-0.39, 0.29) is 36.7 Å². The molecular weight excluding hydrogens is 743 g/mol. The molecule has 13 heteroatoms. The smallest absolute Gasteiger partial charge is 0.408 e. The topological polar surface area (TPSA) is 174 Å². The van der Waals surface area contributed by atoms with Gasteiger partial charge in [0.2, 0.25) is 5.91 Å². The number of benzene rings is 4. The van der Waals surface area contributed by atoms with Crippen LogP contribution in [0.4, 0.5) is 4.79 Å². The summed E-state index contributed by atoms with van der Waals surface area (Å²) in [6.07, 6.45) is -1.81. The Hall–Kier alpha value is -5.92. The van der Waals surface area contributed by atoms with Gasteiger partial charge in [-0.05, 0) is 51.0 Å². The summed E-state index contributed by atoms with van der Waals surface area (Å²) >= 11 is 0. The quantitative estimate of drug-likeness (QED) is 0.104. The average Bonchev–Trinajstić information content (AvgIpc) is 3.19. The predicted molar refractivity (Wildman–Crippen MR) is 217 cm³/mol. The highest BCUT2D eigenvalue weighted by molar-refractivity contribution is 5.94. The van der Waals surface area contributed by atoms with Crippen molar-refractivity contribution in [2.24, 2.45) is 5.73 Å². The van der Waals surface area contributed by atoms with Gasteiger partial charge in [0.1, 0.15) is 42.3 Å². The lowest BCUT2D eigenvalue weighted by atomic mass is 9.73. The number of fused-ring (bicyclic) bond motifs is 2. The number of carbonyl (C=O) groups is 4. The van der Waals surface area contributed by atoms with Crippen molar-refractivity contribution in [2.45, 2.75) is 90.4 Å². The van der Waals surface area contributed by atoms with E-state index in [4.69, 9.17) is 34.2 Å². The molecule has 5 rings (SSSR count). The summed E-state index contributed by atoms with van der Waals surface area (Å²) in [5.74, 6) is -0.393. The molecule has 1 unspecified atom stereocenters. The second-order valence-electron chi connectivity index (χ2n) is 15.5. The maximum Gasteiger partial charge on any atom is 0.408 e. The maximum absolute atomic E-state index is 13.9. The summed E-state index contributed by atoms with van der Waals surface area (Å²) < 4.78 is 35.1. The van der Waals surface area contributed by atoms with E-state index in [1.54, 1.807) is 31.2 Å². The minimum Gasteiger partial charge on any atom is -0.496 e. The number of ether oxygens (including phenoxy) is 6. The third kappa shape index (κ3) is 10.3. The summed E-state index contributed by atoms with van der Waals surface area (Å²) in [6.45, 7) is 10.7. The molecule has 0 radical (unpaired) electrons. The van der Waals surface area contributed by atoms with Crippen LogP contribution in [-0.2, 0) is 53.6 Å². The van der Waals surface area contributed by atoms with Gasteiger partial charge in [0.25, 0.3) is 0 Å². The minimum absolute atomic E-state index is 0.0118. The lowest BCUT2D eigenvalue weighted by molar-refractivity contribution is -0.144. The van der Waals surface area contributed by atoms with E-state index < -0.39 is 59.5 Å². The van der Waals surface area contributed by atoms with E-state index >= 15 is 0 Å². The van der Waals surface area contributed by atoms with Gasteiger partial charge < -0.3 is 44.8 Å². The van der Waals surface area contributed by atoms with Crippen LogP contribution in [0, 0.1) is 0 Å². The van der Waals surface area contributed by atoms with Crippen LogP contribution in [0.5, 0.6) is 23.0 Å². The fourth-order valence-corrected chi connectivity index (χ4v) is 6.88. The number of methoxy groups -OCH3 is 2. The molecule has 0 aliphatic carbocycles. The van der Waals surface area contributed by atoms with Crippen molar-refractivity contribution >= 4 is 23.8 Å². The molecule has 13 nitrogen and oxygen atoms in total. The number of carbonyl (C=O) groups excluding carboxylic acids is 4. The fourth-order valence-electron chi connectivity index (χ4n) is 6.88. The third-order valence-corrected chi connectivity index (χ3v) is 9.80. The first-order chi connectivity index (χ1) is 27.5. The number of Topliss-reactive ketones (excluding diaryl/α,β-unsaturated/α-hetero) is 1. The number of rotatable bonds is 16. The number of ketones is 1. The van der Waals surface area contributed by atoms with E-state index in [0.717, 1.165) is 22.3 Å². The molecule has 0 saturated carbocycles. The Morgan fingerprint density at radius 1 is 0.776 bits per heavy atom. The van der Waals surface area contributed by atoms with Crippen LogP contribution in [0.1, 0.15) is 81.0 Å². The number of esters is 1. The number of amides is 2. The summed E-state index contributed by atoms with van der Waals surface area (Å²) in [5.41, 5.74) is 9.19. The maximum atomic E-state index is 13.9. The Bertz CT molecular complexity index is 2100. The molecule has 4 aromatic carbocycles. The van der Waals surface area contributed by atoms with E-state index in [0.29, 0.717) is 17.1 Å². The van der Waals surface area contributed by atoms with Gasteiger partial charge in [0, 0.05) is 22.1 Å². The summed E-state index contributed by atoms with van der Waals surface area (Å²) in [5, 5.41) is 5.22. The first-order valence-electron chi connectivity index (χ1n) is 19.0. The van der Waals surface area contributed by atoms with Crippen LogP contribution < -0.4 is 30.6 Å². The van der Waals surface area contributed by atoms with Crippen molar-refractivity contribution in [1.29, 1.82) is 0 Å². The van der Waals surface area contributed by atoms with Crippen molar-refractivity contribution in [1.82, 2.24) is 10.6 Å². The molecule has 0 aromatic heterocycles. The second kappa shape index (κ2) is 18.6. The van der Waals surface area contributed by atoms with Gasteiger partial charge in [-0.2, -0.15) is 0 Å². The SMILES string of the molecule is COc1ccc2c(c1CC(=O)OCc1ccccc1)Oc1c(ccc(OC)c1C(N)C(=O)CNC(=O)[C@@H](NC(=O)OCc1ccccc1)[C@@H](C)OC(C)(C)C)C2(C)C. The Morgan fingerprint density at radius 2 is 1.33 bits per heavy atom. The Labute approximate surface area is 339 Å². The first kappa shape index (κ1) is 43.2.